The van der Waals surface area contributed by atoms with Gasteiger partial charge in [-0.3, -0.25) is 15.6 Å². The Bertz CT molecular complexity index is 762. The number of hydrogen-bond donors (Lipinski definition) is 3. The van der Waals surface area contributed by atoms with E-state index in [0.717, 1.165) is 25.8 Å². The zero-order chi connectivity index (χ0) is 19.9. The Labute approximate surface area is 166 Å². The van der Waals surface area contributed by atoms with Crippen molar-refractivity contribution in [3.63, 3.8) is 0 Å². The largest absolute Gasteiger partial charge is 0.361 e. The van der Waals surface area contributed by atoms with Gasteiger partial charge in [0.2, 0.25) is 10.0 Å². The van der Waals surface area contributed by atoms with Crippen LogP contribution in [-0.2, 0) is 10.0 Å². The van der Waals surface area contributed by atoms with E-state index in [1.807, 2.05) is 14.1 Å². The first-order valence-corrected chi connectivity index (χ1v) is 10.7. The molecule has 0 aliphatic carbocycles. The number of sulfonamides is 1. The molecule has 10 heteroatoms. The molecule has 2 rings (SSSR count). The number of nitrogens with one attached hydrogen (secondary N) is 3. The summed E-state index contributed by atoms with van der Waals surface area (Å²) in [5, 5.41) is 3.30. The lowest BCUT2D eigenvalue weighted by Crippen LogP contribution is -2.47. The van der Waals surface area contributed by atoms with Crippen molar-refractivity contribution in [3.05, 3.63) is 29.8 Å². The van der Waals surface area contributed by atoms with Crippen LogP contribution in [0.2, 0.25) is 0 Å². The normalized spacial score (nSPS) is 14.9. The van der Waals surface area contributed by atoms with Crippen LogP contribution in [0.5, 0.6) is 0 Å². The van der Waals surface area contributed by atoms with Gasteiger partial charge in [-0.25, -0.2) is 8.42 Å². The van der Waals surface area contributed by atoms with Crippen molar-refractivity contribution < 1.29 is 13.2 Å². The minimum absolute atomic E-state index is 0.126. The summed E-state index contributed by atoms with van der Waals surface area (Å²) in [5.74, 6) is -0.453. The topological polar surface area (TPSA) is 93.8 Å². The molecule has 3 N–H and O–H groups in total. The standard InChI is InChI=1S/C17H27N5O3S2/c1-21(2)10-6-9-18-17(26)20-19-16(23)14-7-5-8-15(13-14)27(24,25)22-11-3-4-12-22/h5,7-8,13H,3-4,6,9-12H2,1-2H3,(H,19,23)(H2,18,20,26). The maximum absolute atomic E-state index is 12.6. The predicted octanol–water partition coefficient (Wildman–Crippen LogP) is 0.532. The zero-order valence-corrected chi connectivity index (χ0v) is 17.3. The van der Waals surface area contributed by atoms with Gasteiger partial charge < -0.3 is 10.2 Å². The first kappa shape index (κ1) is 21.5. The average molecular weight is 414 g/mol. The third-order valence-corrected chi connectivity index (χ3v) is 6.30. The molecule has 0 bridgehead atoms. The fourth-order valence-electron chi connectivity index (χ4n) is 2.70. The Balaban J connectivity index is 1.89. The van der Waals surface area contributed by atoms with Gasteiger partial charge in [-0.1, -0.05) is 6.07 Å². The van der Waals surface area contributed by atoms with E-state index in [1.54, 1.807) is 12.1 Å². The van der Waals surface area contributed by atoms with Gasteiger partial charge in [0, 0.05) is 25.2 Å². The van der Waals surface area contributed by atoms with Crippen LogP contribution in [0.15, 0.2) is 29.2 Å². The Morgan fingerprint density at radius 1 is 1.22 bits per heavy atom. The highest BCUT2D eigenvalue weighted by atomic mass is 32.2. The van der Waals surface area contributed by atoms with Crippen molar-refractivity contribution in [2.75, 3.05) is 40.3 Å². The summed E-state index contributed by atoms with van der Waals surface area (Å²) in [6.07, 6.45) is 2.64. The van der Waals surface area contributed by atoms with Crippen molar-refractivity contribution >= 4 is 33.3 Å². The molecule has 1 amide bonds. The maximum atomic E-state index is 12.6. The van der Waals surface area contributed by atoms with Crippen molar-refractivity contribution in [2.45, 2.75) is 24.2 Å². The van der Waals surface area contributed by atoms with E-state index in [4.69, 9.17) is 12.2 Å². The van der Waals surface area contributed by atoms with E-state index < -0.39 is 15.9 Å². The highest BCUT2D eigenvalue weighted by Gasteiger charge is 2.27. The summed E-state index contributed by atoms with van der Waals surface area (Å²) in [6.45, 7) is 2.66. The molecule has 1 saturated heterocycles. The van der Waals surface area contributed by atoms with Gasteiger partial charge in [-0.05, 0) is 70.3 Å². The number of hydrogen-bond acceptors (Lipinski definition) is 5. The maximum Gasteiger partial charge on any atom is 0.269 e. The molecular formula is C17H27N5O3S2. The summed E-state index contributed by atoms with van der Waals surface area (Å²) in [7, 11) is 0.433. The molecule has 0 aromatic heterocycles. The van der Waals surface area contributed by atoms with Crippen LogP contribution in [0, 0.1) is 0 Å². The van der Waals surface area contributed by atoms with Crippen molar-refractivity contribution in [3.8, 4) is 0 Å². The number of hydrazine groups is 1. The molecule has 0 saturated carbocycles. The second-order valence-corrected chi connectivity index (χ2v) is 8.98. The van der Waals surface area contributed by atoms with E-state index in [2.05, 4.69) is 21.1 Å². The van der Waals surface area contributed by atoms with Gasteiger partial charge in [0.1, 0.15) is 0 Å². The number of thiocarbonyl (C=S) groups is 1. The lowest BCUT2D eigenvalue weighted by atomic mass is 10.2. The molecule has 0 radical (unpaired) electrons. The first-order valence-electron chi connectivity index (χ1n) is 8.90. The third kappa shape index (κ3) is 6.42. The smallest absolute Gasteiger partial charge is 0.269 e. The summed E-state index contributed by atoms with van der Waals surface area (Å²) in [6, 6.07) is 6.02. The molecular weight excluding hydrogens is 386 g/mol. The molecule has 8 nitrogen and oxygen atoms in total. The molecule has 1 heterocycles. The zero-order valence-electron chi connectivity index (χ0n) is 15.7. The number of rotatable bonds is 7. The molecule has 1 aliphatic heterocycles. The van der Waals surface area contributed by atoms with Crippen LogP contribution >= 0.6 is 12.2 Å². The molecule has 1 fully saturated rings. The molecule has 1 aromatic carbocycles. The monoisotopic (exact) mass is 413 g/mol. The fraction of sp³-hybridized carbons (Fsp3) is 0.529. The average Bonchev–Trinajstić information content (AvgIpc) is 3.19. The number of carbonyl (C=O) groups excluding carboxylic acids is 1. The summed E-state index contributed by atoms with van der Waals surface area (Å²) in [4.78, 5) is 14.5. The predicted molar refractivity (Wildman–Crippen MR) is 109 cm³/mol. The molecule has 0 atom stereocenters. The Hall–Kier alpha value is -1.75. The van der Waals surface area contributed by atoms with Gasteiger partial charge in [0.25, 0.3) is 5.91 Å². The Morgan fingerprint density at radius 2 is 1.93 bits per heavy atom. The van der Waals surface area contributed by atoms with E-state index in [0.29, 0.717) is 24.7 Å². The molecule has 1 aromatic rings. The molecule has 1 aliphatic rings. The first-order chi connectivity index (χ1) is 12.8. The quantitative estimate of drug-likeness (QED) is 0.341. The van der Waals surface area contributed by atoms with Gasteiger partial charge in [-0.15, -0.1) is 0 Å². The van der Waals surface area contributed by atoms with Crippen molar-refractivity contribution in [1.29, 1.82) is 0 Å². The minimum Gasteiger partial charge on any atom is -0.361 e. The van der Waals surface area contributed by atoms with Crippen LogP contribution in [0.3, 0.4) is 0 Å². The van der Waals surface area contributed by atoms with Gasteiger partial charge in [0.05, 0.1) is 4.90 Å². The third-order valence-electron chi connectivity index (χ3n) is 4.16. The van der Waals surface area contributed by atoms with Crippen molar-refractivity contribution in [2.24, 2.45) is 0 Å². The van der Waals surface area contributed by atoms with Crippen LogP contribution in [0.1, 0.15) is 29.6 Å². The Morgan fingerprint density at radius 3 is 2.59 bits per heavy atom. The van der Waals surface area contributed by atoms with Crippen LogP contribution in [0.25, 0.3) is 0 Å². The van der Waals surface area contributed by atoms with E-state index >= 15 is 0 Å². The van der Waals surface area contributed by atoms with Crippen LogP contribution in [0.4, 0.5) is 0 Å². The number of carbonyl (C=O) groups is 1. The second-order valence-electron chi connectivity index (χ2n) is 6.63. The summed E-state index contributed by atoms with van der Waals surface area (Å²) < 4.78 is 26.7. The van der Waals surface area contributed by atoms with Gasteiger partial charge in [-0.2, -0.15) is 4.31 Å². The highest BCUT2D eigenvalue weighted by molar-refractivity contribution is 7.89. The van der Waals surface area contributed by atoms with Crippen LogP contribution < -0.4 is 16.2 Å². The lowest BCUT2D eigenvalue weighted by molar-refractivity contribution is 0.0943. The fourth-order valence-corrected chi connectivity index (χ4v) is 4.42. The summed E-state index contributed by atoms with van der Waals surface area (Å²) >= 11 is 5.11. The van der Waals surface area contributed by atoms with E-state index in [-0.39, 0.29) is 10.5 Å². The van der Waals surface area contributed by atoms with E-state index in [9.17, 15) is 13.2 Å². The number of amides is 1. The molecule has 0 unspecified atom stereocenters. The molecule has 0 spiro atoms. The van der Waals surface area contributed by atoms with Gasteiger partial charge in [0.15, 0.2) is 5.11 Å². The minimum atomic E-state index is -3.56. The Kier molecular flexibility index (Phi) is 7.96. The number of benzene rings is 1. The van der Waals surface area contributed by atoms with E-state index in [1.165, 1.54) is 16.4 Å². The van der Waals surface area contributed by atoms with Crippen molar-refractivity contribution in [1.82, 2.24) is 25.4 Å². The summed E-state index contributed by atoms with van der Waals surface area (Å²) in [5.41, 5.74) is 5.36. The highest BCUT2D eigenvalue weighted by Crippen LogP contribution is 2.21. The lowest BCUT2D eigenvalue weighted by Gasteiger charge is -2.16. The van der Waals surface area contributed by atoms with Crippen LogP contribution in [-0.4, -0.2) is 68.9 Å². The second kappa shape index (κ2) is 9.98. The number of nitrogens with zero attached hydrogens (tertiary/aromatic N) is 2. The molecule has 27 heavy (non-hydrogen) atoms. The SMILES string of the molecule is CN(C)CCCNC(=S)NNC(=O)c1cccc(S(=O)(=O)N2CCCC2)c1. The van der Waals surface area contributed by atoms with Gasteiger partial charge >= 0.3 is 0 Å². The molecule has 150 valence electrons.